The molecule has 8 heteroatoms. The number of fused-ring (bicyclic) bond motifs is 1. The lowest BCUT2D eigenvalue weighted by atomic mass is 10.1. The van der Waals surface area contributed by atoms with Crippen LogP contribution in [0.1, 0.15) is 37.2 Å². The number of nitrogens with two attached hydrogens (primary N) is 1. The molecule has 0 amide bonds. The van der Waals surface area contributed by atoms with Crippen molar-refractivity contribution in [3.05, 3.63) is 47.9 Å². The zero-order valence-corrected chi connectivity index (χ0v) is 15.6. The van der Waals surface area contributed by atoms with Crippen LogP contribution in [0.4, 0.5) is 21.7 Å². The van der Waals surface area contributed by atoms with Gasteiger partial charge in [0.25, 0.3) is 0 Å². The zero-order valence-electron chi connectivity index (χ0n) is 15.6. The molecule has 1 aliphatic heterocycles. The summed E-state index contributed by atoms with van der Waals surface area (Å²) in [7, 11) is 0. The molecule has 1 unspecified atom stereocenters. The maximum absolute atomic E-state index is 13.3. The Morgan fingerprint density at radius 2 is 2.11 bits per heavy atom. The average Bonchev–Trinajstić information content (AvgIpc) is 3.42. The Hall–Kier alpha value is -2.71. The van der Waals surface area contributed by atoms with Gasteiger partial charge in [-0.3, -0.25) is 0 Å². The molecule has 3 heterocycles. The third-order valence-electron chi connectivity index (χ3n) is 4.90. The number of piperidine rings is 1. The highest BCUT2D eigenvalue weighted by Crippen LogP contribution is 2.42. The molecule has 148 valence electrons. The highest BCUT2D eigenvalue weighted by Gasteiger charge is 2.28. The van der Waals surface area contributed by atoms with Crippen molar-refractivity contribution in [3.63, 3.8) is 0 Å². The monoisotopic (exact) mass is 384 g/mol. The number of aliphatic hydroxyl groups excluding tert-OH is 1. The summed E-state index contributed by atoms with van der Waals surface area (Å²) < 4.78 is 15.0. The van der Waals surface area contributed by atoms with Gasteiger partial charge in [0, 0.05) is 23.9 Å². The molecule has 1 aromatic carbocycles. The number of nitrogen functional groups attached to an aromatic ring is 1. The quantitative estimate of drug-likeness (QED) is 0.554. The van der Waals surface area contributed by atoms with Gasteiger partial charge in [0.15, 0.2) is 5.65 Å². The Labute approximate surface area is 162 Å². The third kappa shape index (κ3) is 4.40. The number of nitrogens with one attached hydrogen (secondary N) is 2. The first-order valence-corrected chi connectivity index (χ1v) is 9.65. The van der Waals surface area contributed by atoms with Crippen molar-refractivity contribution in [3.8, 4) is 0 Å². The molecule has 2 fully saturated rings. The topological polar surface area (TPSA) is 100 Å². The summed E-state index contributed by atoms with van der Waals surface area (Å²) in [6.07, 6.45) is 6.22. The molecule has 2 aliphatic rings. The van der Waals surface area contributed by atoms with Crippen LogP contribution in [0.15, 0.2) is 36.5 Å². The molecule has 0 bridgehead atoms. The van der Waals surface area contributed by atoms with Gasteiger partial charge < -0.3 is 21.5 Å². The number of aliphatic hydroxyl groups is 1. The predicted molar refractivity (Wildman–Crippen MR) is 107 cm³/mol. The fourth-order valence-corrected chi connectivity index (χ4v) is 3.32. The molecule has 7 nitrogen and oxygen atoms in total. The summed E-state index contributed by atoms with van der Waals surface area (Å²) in [5.74, 6) is 1.34. The fourth-order valence-electron chi connectivity index (χ4n) is 3.32. The van der Waals surface area contributed by atoms with Gasteiger partial charge in [-0.25, -0.2) is 9.37 Å². The molecule has 1 aliphatic carbocycles. The summed E-state index contributed by atoms with van der Waals surface area (Å²) >= 11 is 0. The van der Waals surface area contributed by atoms with Crippen molar-refractivity contribution >= 4 is 23.0 Å². The van der Waals surface area contributed by atoms with E-state index in [0.29, 0.717) is 23.2 Å². The average molecular weight is 384 g/mol. The number of aromatic nitrogens is 3. The first-order valence-electron chi connectivity index (χ1n) is 9.65. The first-order chi connectivity index (χ1) is 13.6. The summed E-state index contributed by atoms with van der Waals surface area (Å²) in [5.41, 5.74) is 8.44. The second-order valence-electron chi connectivity index (χ2n) is 7.31. The Morgan fingerprint density at radius 1 is 1.25 bits per heavy atom. The van der Waals surface area contributed by atoms with Crippen LogP contribution in [-0.2, 0) is 0 Å². The number of nitrogens with zero attached hydrogens (tertiary/aromatic N) is 3. The van der Waals surface area contributed by atoms with E-state index in [1.165, 1.54) is 25.0 Å². The summed E-state index contributed by atoms with van der Waals surface area (Å²) in [4.78, 5) is 4.38. The lowest BCUT2D eigenvalue weighted by Crippen LogP contribution is -2.33. The Kier molecular flexibility index (Phi) is 5.40. The van der Waals surface area contributed by atoms with Crippen molar-refractivity contribution < 1.29 is 9.50 Å². The second kappa shape index (κ2) is 8.12. The maximum Gasteiger partial charge on any atom is 0.163 e. The molecule has 1 atom stereocenters. The summed E-state index contributed by atoms with van der Waals surface area (Å²) in [5, 5.41) is 19.5. The molecule has 0 radical (unpaired) electrons. The van der Waals surface area contributed by atoms with Gasteiger partial charge in [0.2, 0.25) is 0 Å². The normalized spacial score (nSPS) is 19.1. The SMILES string of the molecule is Nc1cc(Nc2cccc(F)c2)n2ncc(C3CC3)c2n1.OC1CCCNC1. The summed E-state index contributed by atoms with van der Waals surface area (Å²) in [6, 6.07) is 7.96. The van der Waals surface area contributed by atoms with Crippen LogP contribution in [0, 0.1) is 5.82 Å². The smallest absolute Gasteiger partial charge is 0.163 e. The van der Waals surface area contributed by atoms with E-state index in [2.05, 4.69) is 20.7 Å². The van der Waals surface area contributed by atoms with Crippen molar-refractivity contribution in [1.82, 2.24) is 19.9 Å². The molecule has 1 saturated carbocycles. The zero-order chi connectivity index (χ0) is 19.5. The van der Waals surface area contributed by atoms with Gasteiger partial charge in [-0.2, -0.15) is 9.61 Å². The Bertz CT molecular complexity index is 949. The molecular formula is C20H25FN6O. The van der Waals surface area contributed by atoms with E-state index >= 15 is 0 Å². The van der Waals surface area contributed by atoms with E-state index in [-0.39, 0.29) is 11.9 Å². The van der Waals surface area contributed by atoms with Crippen molar-refractivity contribution in [2.45, 2.75) is 37.7 Å². The second-order valence-corrected chi connectivity index (χ2v) is 7.31. The number of β-amino-alcohol motifs (C(OH)–C–C–N with tert-alkyl or cyclic N) is 1. The van der Waals surface area contributed by atoms with Crippen LogP contribution in [0.2, 0.25) is 0 Å². The van der Waals surface area contributed by atoms with Crippen LogP contribution in [0.25, 0.3) is 5.65 Å². The standard InChI is InChI=1S/C15H14FN5.C5H11NO/c16-10-2-1-3-11(6-10)19-14-7-13(17)20-15-12(9-4-5-9)8-18-21(14)15;7-5-2-1-3-6-4-5/h1-3,6-9,19H,4-5H2,(H2,17,20);5-7H,1-4H2. The van der Waals surface area contributed by atoms with Crippen LogP contribution in [0.3, 0.4) is 0 Å². The van der Waals surface area contributed by atoms with Gasteiger partial charge in [-0.1, -0.05) is 6.07 Å². The van der Waals surface area contributed by atoms with Crippen molar-refractivity contribution in [2.24, 2.45) is 0 Å². The van der Waals surface area contributed by atoms with E-state index in [1.54, 1.807) is 22.7 Å². The molecule has 28 heavy (non-hydrogen) atoms. The van der Waals surface area contributed by atoms with E-state index in [1.807, 2.05) is 6.20 Å². The Morgan fingerprint density at radius 3 is 2.75 bits per heavy atom. The predicted octanol–water partition coefficient (Wildman–Crippen LogP) is 2.80. The van der Waals surface area contributed by atoms with Gasteiger partial charge in [-0.15, -0.1) is 0 Å². The fraction of sp³-hybridized carbons (Fsp3) is 0.400. The van der Waals surface area contributed by atoms with Gasteiger partial charge in [-0.05, 0) is 56.3 Å². The van der Waals surface area contributed by atoms with Crippen LogP contribution in [0.5, 0.6) is 0 Å². The number of halogens is 1. The van der Waals surface area contributed by atoms with Crippen LogP contribution < -0.4 is 16.4 Å². The van der Waals surface area contributed by atoms with E-state index in [4.69, 9.17) is 10.8 Å². The highest BCUT2D eigenvalue weighted by molar-refractivity contribution is 5.65. The largest absolute Gasteiger partial charge is 0.392 e. The number of benzene rings is 1. The number of anilines is 3. The summed E-state index contributed by atoms with van der Waals surface area (Å²) in [6.45, 7) is 1.87. The first kappa shape index (κ1) is 18.6. The third-order valence-corrected chi connectivity index (χ3v) is 4.90. The molecule has 2 aromatic heterocycles. The number of hydrogen-bond donors (Lipinski definition) is 4. The van der Waals surface area contributed by atoms with Gasteiger partial charge >= 0.3 is 0 Å². The van der Waals surface area contributed by atoms with E-state index in [9.17, 15) is 4.39 Å². The van der Waals surface area contributed by atoms with Gasteiger partial charge in [0.05, 0.1) is 12.3 Å². The lowest BCUT2D eigenvalue weighted by molar-refractivity contribution is 0.142. The molecule has 0 spiro atoms. The van der Waals surface area contributed by atoms with E-state index in [0.717, 1.165) is 37.1 Å². The van der Waals surface area contributed by atoms with Crippen molar-refractivity contribution in [2.75, 3.05) is 24.1 Å². The Balaban J connectivity index is 0.000000233. The van der Waals surface area contributed by atoms with Crippen molar-refractivity contribution in [1.29, 1.82) is 0 Å². The van der Waals surface area contributed by atoms with E-state index < -0.39 is 0 Å². The molecule has 5 rings (SSSR count). The highest BCUT2D eigenvalue weighted by atomic mass is 19.1. The number of hydrogen-bond acceptors (Lipinski definition) is 6. The minimum Gasteiger partial charge on any atom is -0.392 e. The molecular weight excluding hydrogens is 359 g/mol. The maximum atomic E-state index is 13.3. The minimum absolute atomic E-state index is 0.0752. The molecule has 5 N–H and O–H groups in total. The number of rotatable bonds is 3. The minimum atomic E-state index is -0.294. The van der Waals surface area contributed by atoms with Gasteiger partial charge in [0.1, 0.15) is 17.5 Å². The van der Waals surface area contributed by atoms with Crippen LogP contribution in [-0.4, -0.2) is 38.9 Å². The molecule has 3 aromatic rings. The van der Waals surface area contributed by atoms with Crippen LogP contribution >= 0.6 is 0 Å². The molecule has 1 saturated heterocycles. The lowest BCUT2D eigenvalue weighted by Gasteiger charge is -2.16.